The van der Waals surface area contributed by atoms with Gasteiger partial charge in [0.1, 0.15) is 0 Å². The highest BCUT2D eigenvalue weighted by atomic mass is 16.5. The van der Waals surface area contributed by atoms with Gasteiger partial charge in [0.15, 0.2) is 0 Å². The molecule has 0 spiro atoms. The summed E-state index contributed by atoms with van der Waals surface area (Å²) in [5.74, 6) is 0.812. The molecule has 3 N–H and O–H groups in total. The van der Waals surface area contributed by atoms with E-state index in [2.05, 4.69) is 10.4 Å². The van der Waals surface area contributed by atoms with Gasteiger partial charge in [-0.3, -0.25) is 0 Å². The molecule has 14 heavy (non-hydrogen) atoms. The van der Waals surface area contributed by atoms with Gasteiger partial charge in [0, 0.05) is 26.7 Å². The molecule has 0 saturated heterocycles. The zero-order chi connectivity index (χ0) is 10.6. The maximum atomic E-state index is 5.39. The molecule has 0 radical (unpaired) electrons. The summed E-state index contributed by atoms with van der Waals surface area (Å²) in [6.07, 6.45) is 0. The standard InChI is InChI=1S/C9H18N4O/c1-7-8(6-11-5-4-10)9(14-3)13(2)12-7/h11H,4-6,10H2,1-3H3. The number of nitrogens with zero attached hydrogens (tertiary/aromatic N) is 2. The molecular formula is C9H18N4O. The van der Waals surface area contributed by atoms with Gasteiger partial charge in [-0.05, 0) is 6.92 Å². The van der Waals surface area contributed by atoms with Gasteiger partial charge in [0.05, 0.1) is 18.4 Å². The first-order chi connectivity index (χ1) is 6.70. The van der Waals surface area contributed by atoms with Gasteiger partial charge in [-0.1, -0.05) is 0 Å². The molecule has 1 aromatic heterocycles. The van der Waals surface area contributed by atoms with E-state index in [1.54, 1.807) is 11.8 Å². The molecule has 0 saturated carbocycles. The molecule has 0 amide bonds. The van der Waals surface area contributed by atoms with E-state index >= 15 is 0 Å². The lowest BCUT2D eigenvalue weighted by Crippen LogP contribution is -2.22. The molecule has 5 nitrogen and oxygen atoms in total. The predicted molar refractivity (Wildman–Crippen MR) is 55.3 cm³/mol. The minimum Gasteiger partial charge on any atom is -0.481 e. The molecule has 1 rings (SSSR count). The van der Waals surface area contributed by atoms with Crippen molar-refractivity contribution in [3.05, 3.63) is 11.3 Å². The fourth-order valence-electron chi connectivity index (χ4n) is 1.46. The van der Waals surface area contributed by atoms with Crippen molar-refractivity contribution in [2.75, 3.05) is 20.2 Å². The Morgan fingerprint density at radius 1 is 1.57 bits per heavy atom. The summed E-state index contributed by atoms with van der Waals surface area (Å²) < 4.78 is 7.00. The van der Waals surface area contributed by atoms with Crippen LogP contribution in [0.15, 0.2) is 0 Å². The first kappa shape index (κ1) is 11.0. The summed E-state index contributed by atoms with van der Waals surface area (Å²) in [6.45, 7) is 4.17. The van der Waals surface area contributed by atoms with Crippen molar-refractivity contribution in [1.29, 1.82) is 0 Å². The minimum atomic E-state index is 0.641. The van der Waals surface area contributed by atoms with E-state index in [0.717, 1.165) is 30.2 Å². The van der Waals surface area contributed by atoms with Crippen LogP contribution in [0, 0.1) is 6.92 Å². The Morgan fingerprint density at radius 3 is 2.86 bits per heavy atom. The molecule has 0 aliphatic rings. The minimum absolute atomic E-state index is 0.641. The lowest BCUT2D eigenvalue weighted by molar-refractivity contribution is 0.368. The summed E-state index contributed by atoms with van der Waals surface area (Å²) in [4.78, 5) is 0. The Kier molecular flexibility index (Phi) is 3.91. The largest absolute Gasteiger partial charge is 0.481 e. The maximum Gasteiger partial charge on any atom is 0.216 e. The van der Waals surface area contributed by atoms with E-state index in [4.69, 9.17) is 10.5 Å². The predicted octanol–water partition coefficient (Wildman–Crippen LogP) is -0.215. The van der Waals surface area contributed by atoms with Crippen LogP contribution in [-0.4, -0.2) is 30.0 Å². The molecule has 0 bridgehead atoms. The number of rotatable bonds is 5. The van der Waals surface area contributed by atoms with Crippen molar-refractivity contribution in [3.8, 4) is 5.88 Å². The Labute approximate surface area is 84.2 Å². The second-order valence-electron chi connectivity index (χ2n) is 3.16. The SMILES string of the molecule is COc1c(CNCCN)c(C)nn1C. The van der Waals surface area contributed by atoms with E-state index in [1.165, 1.54) is 0 Å². The fourth-order valence-corrected chi connectivity index (χ4v) is 1.46. The summed E-state index contributed by atoms with van der Waals surface area (Å²) in [7, 11) is 3.53. The van der Waals surface area contributed by atoms with Gasteiger partial charge < -0.3 is 15.8 Å². The van der Waals surface area contributed by atoms with Crippen LogP contribution in [-0.2, 0) is 13.6 Å². The summed E-state index contributed by atoms with van der Waals surface area (Å²) in [6, 6.07) is 0. The molecule has 1 aromatic rings. The Balaban J connectivity index is 2.73. The third kappa shape index (κ3) is 2.24. The van der Waals surface area contributed by atoms with Crippen molar-refractivity contribution in [2.24, 2.45) is 12.8 Å². The smallest absolute Gasteiger partial charge is 0.216 e. The van der Waals surface area contributed by atoms with E-state index in [-0.39, 0.29) is 0 Å². The quantitative estimate of drug-likeness (QED) is 0.642. The number of aryl methyl sites for hydroxylation is 2. The topological polar surface area (TPSA) is 65.1 Å². The van der Waals surface area contributed by atoms with E-state index in [9.17, 15) is 0 Å². The van der Waals surface area contributed by atoms with Crippen molar-refractivity contribution in [2.45, 2.75) is 13.5 Å². The number of nitrogens with two attached hydrogens (primary N) is 1. The maximum absolute atomic E-state index is 5.39. The molecule has 0 aliphatic heterocycles. The molecule has 0 unspecified atom stereocenters. The highest BCUT2D eigenvalue weighted by Gasteiger charge is 2.12. The number of aromatic nitrogens is 2. The first-order valence-electron chi connectivity index (χ1n) is 4.68. The van der Waals surface area contributed by atoms with E-state index in [1.807, 2.05) is 14.0 Å². The molecule has 0 fully saturated rings. The van der Waals surface area contributed by atoms with Crippen molar-refractivity contribution >= 4 is 0 Å². The highest BCUT2D eigenvalue weighted by Crippen LogP contribution is 2.20. The first-order valence-corrected chi connectivity index (χ1v) is 4.68. The van der Waals surface area contributed by atoms with Gasteiger partial charge in [0.25, 0.3) is 0 Å². The molecule has 80 valence electrons. The number of hydrogen-bond acceptors (Lipinski definition) is 4. The van der Waals surface area contributed by atoms with Crippen molar-refractivity contribution < 1.29 is 4.74 Å². The Hall–Kier alpha value is -1.07. The normalized spacial score (nSPS) is 10.6. The van der Waals surface area contributed by atoms with Crippen LogP contribution in [0.3, 0.4) is 0 Å². The monoisotopic (exact) mass is 198 g/mol. The van der Waals surface area contributed by atoms with Crippen LogP contribution in [0.2, 0.25) is 0 Å². The number of ether oxygens (including phenoxy) is 1. The molecular weight excluding hydrogens is 180 g/mol. The molecule has 0 aromatic carbocycles. The van der Waals surface area contributed by atoms with Crippen LogP contribution in [0.5, 0.6) is 5.88 Å². The lowest BCUT2D eigenvalue weighted by atomic mass is 10.2. The average Bonchev–Trinajstić information content (AvgIpc) is 2.42. The van der Waals surface area contributed by atoms with E-state index in [0.29, 0.717) is 6.54 Å². The summed E-state index contributed by atoms with van der Waals surface area (Å²) in [5, 5.41) is 7.50. The molecule has 1 heterocycles. The second kappa shape index (κ2) is 4.97. The van der Waals surface area contributed by atoms with Crippen LogP contribution in [0.4, 0.5) is 0 Å². The fraction of sp³-hybridized carbons (Fsp3) is 0.667. The van der Waals surface area contributed by atoms with Gasteiger partial charge in [0.2, 0.25) is 5.88 Å². The molecule has 0 aliphatic carbocycles. The Bertz CT molecular complexity index is 295. The number of hydrogen-bond donors (Lipinski definition) is 2. The zero-order valence-corrected chi connectivity index (χ0v) is 9.00. The van der Waals surface area contributed by atoms with Crippen LogP contribution in [0.25, 0.3) is 0 Å². The van der Waals surface area contributed by atoms with Crippen LogP contribution in [0.1, 0.15) is 11.3 Å². The average molecular weight is 198 g/mol. The zero-order valence-electron chi connectivity index (χ0n) is 9.00. The third-order valence-electron chi connectivity index (χ3n) is 2.11. The van der Waals surface area contributed by atoms with Gasteiger partial charge in [-0.25, -0.2) is 4.68 Å². The Morgan fingerprint density at radius 2 is 2.29 bits per heavy atom. The van der Waals surface area contributed by atoms with Crippen molar-refractivity contribution in [3.63, 3.8) is 0 Å². The van der Waals surface area contributed by atoms with Crippen LogP contribution >= 0.6 is 0 Å². The summed E-state index contributed by atoms with van der Waals surface area (Å²) >= 11 is 0. The van der Waals surface area contributed by atoms with Gasteiger partial charge >= 0.3 is 0 Å². The second-order valence-corrected chi connectivity index (χ2v) is 3.16. The lowest BCUT2D eigenvalue weighted by Gasteiger charge is -2.05. The molecule has 0 atom stereocenters. The van der Waals surface area contributed by atoms with Crippen molar-refractivity contribution in [1.82, 2.24) is 15.1 Å². The van der Waals surface area contributed by atoms with Gasteiger partial charge in [-0.2, -0.15) is 5.10 Å². The van der Waals surface area contributed by atoms with E-state index < -0.39 is 0 Å². The summed E-state index contributed by atoms with van der Waals surface area (Å²) in [5.41, 5.74) is 7.49. The van der Waals surface area contributed by atoms with Crippen LogP contribution < -0.4 is 15.8 Å². The van der Waals surface area contributed by atoms with Gasteiger partial charge in [-0.15, -0.1) is 0 Å². The third-order valence-corrected chi connectivity index (χ3v) is 2.11. The number of methoxy groups -OCH3 is 1. The number of nitrogens with one attached hydrogen (secondary N) is 1. The highest BCUT2D eigenvalue weighted by molar-refractivity contribution is 5.30. The molecule has 5 heteroatoms.